The molecule has 0 bridgehead atoms. The fourth-order valence-electron chi connectivity index (χ4n) is 4.06. The molecular formula is C24H22N2O3. The predicted octanol–water partition coefficient (Wildman–Crippen LogP) is 4.54. The van der Waals surface area contributed by atoms with E-state index in [4.69, 9.17) is 14.5 Å². The van der Waals surface area contributed by atoms with Gasteiger partial charge in [-0.3, -0.25) is 4.79 Å². The zero-order chi connectivity index (χ0) is 20.0. The number of fused-ring (bicyclic) bond motifs is 3. The van der Waals surface area contributed by atoms with Crippen molar-refractivity contribution in [3.63, 3.8) is 0 Å². The van der Waals surface area contributed by atoms with Gasteiger partial charge in [0.2, 0.25) is 6.79 Å². The van der Waals surface area contributed by atoms with Gasteiger partial charge in [-0.15, -0.1) is 0 Å². The Labute approximate surface area is 169 Å². The highest BCUT2D eigenvalue weighted by Crippen LogP contribution is 2.39. The molecule has 2 aliphatic rings. The Bertz CT molecular complexity index is 1170. The average Bonchev–Trinajstić information content (AvgIpc) is 3.37. The van der Waals surface area contributed by atoms with Crippen LogP contribution >= 0.6 is 0 Å². The summed E-state index contributed by atoms with van der Waals surface area (Å²) in [5.41, 5.74) is 5.85. The normalized spacial score (nSPS) is 15.7. The first-order chi connectivity index (χ1) is 14.2. The predicted molar refractivity (Wildman–Crippen MR) is 113 cm³/mol. The lowest BCUT2D eigenvalue weighted by Gasteiger charge is -2.18. The van der Waals surface area contributed by atoms with Crippen LogP contribution in [-0.2, 0) is 6.42 Å². The number of hydrogen-bond donors (Lipinski definition) is 0. The number of carbonyl (C=O) groups is 1. The molecule has 0 fully saturated rings. The number of aromatic nitrogens is 1. The minimum absolute atomic E-state index is 0.0617. The maximum Gasteiger partial charge on any atom is 0.254 e. The third-order valence-electron chi connectivity index (χ3n) is 5.71. The molecular weight excluding hydrogens is 364 g/mol. The summed E-state index contributed by atoms with van der Waals surface area (Å²) in [5.74, 6) is 1.61. The van der Waals surface area contributed by atoms with Crippen molar-refractivity contribution in [3.8, 4) is 11.5 Å². The molecule has 1 aromatic heterocycles. The lowest BCUT2D eigenvalue weighted by atomic mass is 9.99. The highest BCUT2D eigenvalue weighted by molar-refractivity contribution is 6.09. The second-order valence-electron chi connectivity index (χ2n) is 7.43. The molecule has 0 N–H and O–H groups in total. The zero-order valence-corrected chi connectivity index (χ0v) is 16.6. The lowest BCUT2D eigenvalue weighted by molar-refractivity contribution is 0.0803. The van der Waals surface area contributed by atoms with Crippen LogP contribution in [0.5, 0.6) is 11.5 Å². The van der Waals surface area contributed by atoms with E-state index < -0.39 is 0 Å². The summed E-state index contributed by atoms with van der Waals surface area (Å²) >= 11 is 0. The van der Waals surface area contributed by atoms with E-state index in [1.807, 2.05) is 56.4 Å². The molecule has 0 atom stereocenters. The second kappa shape index (κ2) is 6.92. The number of carbonyl (C=O) groups excluding carboxylic acids is 1. The largest absolute Gasteiger partial charge is 0.454 e. The van der Waals surface area contributed by atoms with Gasteiger partial charge in [0, 0.05) is 19.0 Å². The van der Waals surface area contributed by atoms with E-state index in [0.717, 1.165) is 63.2 Å². The molecule has 1 amide bonds. The van der Waals surface area contributed by atoms with Crippen molar-refractivity contribution in [1.82, 2.24) is 9.88 Å². The maximum atomic E-state index is 13.2. The molecule has 146 valence electrons. The van der Waals surface area contributed by atoms with Crippen LogP contribution in [0, 0.1) is 0 Å². The SMILES string of the molecule is CCN(C)C(=O)c1c2c(nc3ccccc13)C(=Cc1ccc3c(c1)OCO3)CC2. The van der Waals surface area contributed by atoms with Gasteiger partial charge in [-0.1, -0.05) is 24.3 Å². The molecule has 5 rings (SSSR count). The number of para-hydroxylation sites is 1. The van der Waals surface area contributed by atoms with Crippen LogP contribution in [0.25, 0.3) is 22.6 Å². The van der Waals surface area contributed by atoms with E-state index in [1.165, 1.54) is 0 Å². The van der Waals surface area contributed by atoms with Gasteiger partial charge in [0.15, 0.2) is 11.5 Å². The zero-order valence-electron chi connectivity index (χ0n) is 16.6. The Balaban J connectivity index is 1.65. The topological polar surface area (TPSA) is 51.7 Å². The molecule has 29 heavy (non-hydrogen) atoms. The monoisotopic (exact) mass is 386 g/mol. The Morgan fingerprint density at radius 3 is 2.83 bits per heavy atom. The smallest absolute Gasteiger partial charge is 0.254 e. The summed E-state index contributed by atoms with van der Waals surface area (Å²) in [7, 11) is 1.85. The van der Waals surface area contributed by atoms with Crippen LogP contribution in [0.1, 0.15) is 40.5 Å². The minimum Gasteiger partial charge on any atom is -0.454 e. The highest BCUT2D eigenvalue weighted by Gasteiger charge is 2.28. The van der Waals surface area contributed by atoms with E-state index in [9.17, 15) is 4.79 Å². The summed E-state index contributed by atoms with van der Waals surface area (Å²) in [6.07, 6.45) is 3.83. The quantitative estimate of drug-likeness (QED) is 0.663. The van der Waals surface area contributed by atoms with Crippen molar-refractivity contribution >= 4 is 28.5 Å². The molecule has 0 saturated heterocycles. The van der Waals surface area contributed by atoms with Crippen LogP contribution in [0.3, 0.4) is 0 Å². The standard InChI is InChI=1S/C24H22N2O3/c1-3-26(2)24(27)22-17-6-4-5-7-19(17)25-23-16(9-10-18(22)23)12-15-8-11-20-21(13-15)29-14-28-20/h4-8,11-13H,3,9-10,14H2,1-2H3. The van der Waals surface area contributed by atoms with Gasteiger partial charge in [-0.05, 0) is 60.7 Å². The number of hydrogen-bond acceptors (Lipinski definition) is 4. The second-order valence-corrected chi connectivity index (χ2v) is 7.43. The molecule has 2 aromatic carbocycles. The molecule has 0 radical (unpaired) electrons. The molecule has 0 saturated carbocycles. The fourth-order valence-corrected chi connectivity index (χ4v) is 4.06. The van der Waals surface area contributed by atoms with Gasteiger partial charge in [0.25, 0.3) is 5.91 Å². The molecule has 5 heteroatoms. The van der Waals surface area contributed by atoms with Crippen molar-refractivity contribution in [2.24, 2.45) is 0 Å². The van der Waals surface area contributed by atoms with Crippen molar-refractivity contribution in [3.05, 3.63) is 64.8 Å². The van der Waals surface area contributed by atoms with Crippen molar-refractivity contribution in [2.45, 2.75) is 19.8 Å². The molecule has 2 heterocycles. The third-order valence-corrected chi connectivity index (χ3v) is 5.71. The van der Waals surface area contributed by atoms with E-state index in [2.05, 4.69) is 6.08 Å². The molecule has 0 spiro atoms. The van der Waals surface area contributed by atoms with Crippen molar-refractivity contribution < 1.29 is 14.3 Å². The van der Waals surface area contributed by atoms with Crippen LogP contribution in [0.2, 0.25) is 0 Å². The molecule has 0 unspecified atom stereocenters. The first-order valence-corrected chi connectivity index (χ1v) is 9.93. The lowest BCUT2D eigenvalue weighted by Crippen LogP contribution is -2.27. The number of amides is 1. The van der Waals surface area contributed by atoms with Gasteiger partial charge in [-0.25, -0.2) is 4.98 Å². The number of pyridine rings is 1. The van der Waals surface area contributed by atoms with Gasteiger partial charge in [-0.2, -0.15) is 0 Å². The van der Waals surface area contributed by atoms with Gasteiger partial charge >= 0.3 is 0 Å². The van der Waals surface area contributed by atoms with Crippen LogP contribution < -0.4 is 9.47 Å². The molecule has 3 aromatic rings. The van der Waals surface area contributed by atoms with Crippen molar-refractivity contribution in [2.75, 3.05) is 20.4 Å². The highest BCUT2D eigenvalue weighted by atomic mass is 16.7. The summed E-state index contributed by atoms with van der Waals surface area (Å²) in [5, 5.41) is 0.931. The number of allylic oxidation sites excluding steroid dienone is 1. The molecule has 1 aliphatic carbocycles. The number of ether oxygens (including phenoxy) is 2. The fraction of sp³-hybridized carbons (Fsp3) is 0.250. The summed E-state index contributed by atoms with van der Waals surface area (Å²) in [6.45, 7) is 2.93. The molecule has 5 nitrogen and oxygen atoms in total. The van der Waals surface area contributed by atoms with Crippen LogP contribution in [0.4, 0.5) is 0 Å². The third kappa shape index (κ3) is 2.94. The summed E-state index contributed by atoms with van der Waals surface area (Å²) in [4.78, 5) is 19.9. The maximum absolute atomic E-state index is 13.2. The van der Waals surface area contributed by atoms with Gasteiger partial charge in [0.1, 0.15) is 0 Å². The van der Waals surface area contributed by atoms with Crippen molar-refractivity contribution in [1.29, 1.82) is 0 Å². The van der Waals surface area contributed by atoms with E-state index in [0.29, 0.717) is 6.54 Å². The Kier molecular flexibility index (Phi) is 4.23. The Hall–Kier alpha value is -3.34. The summed E-state index contributed by atoms with van der Waals surface area (Å²) < 4.78 is 10.9. The molecule has 1 aliphatic heterocycles. The first-order valence-electron chi connectivity index (χ1n) is 9.93. The first kappa shape index (κ1) is 17.7. The Morgan fingerprint density at radius 1 is 1.14 bits per heavy atom. The average molecular weight is 386 g/mol. The van der Waals surface area contributed by atoms with Gasteiger partial charge < -0.3 is 14.4 Å². The Morgan fingerprint density at radius 2 is 1.97 bits per heavy atom. The van der Waals surface area contributed by atoms with Crippen LogP contribution in [-0.4, -0.2) is 36.2 Å². The van der Waals surface area contributed by atoms with E-state index >= 15 is 0 Å². The van der Waals surface area contributed by atoms with E-state index in [1.54, 1.807) is 4.90 Å². The van der Waals surface area contributed by atoms with Crippen LogP contribution in [0.15, 0.2) is 42.5 Å². The number of rotatable bonds is 3. The number of nitrogens with zero attached hydrogens (tertiary/aromatic N) is 2. The van der Waals surface area contributed by atoms with E-state index in [-0.39, 0.29) is 12.7 Å². The summed E-state index contributed by atoms with van der Waals surface area (Å²) in [6, 6.07) is 13.9. The van der Waals surface area contributed by atoms with Gasteiger partial charge in [0.05, 0.1) is 16.8 Å². The number of benzene rings is 2. The minimum atomic E-state index is 0.0617.